The number of rotatable bonds is 6. The van der Waals surface area contributed by atoms with Gasteiger partial charge in [0.15, 0.2) is 11.7 Å². The third kappa shape index (κ3) is 3.51. The molecule has 6 nitrogen and oxygen atoms in total. The first-order valence-corrected chi connectivity index (χ1v) is 7.83. The van der Waals surface area contributed by atoms with Crippen molar-refractivity contribution < 1.29 is 14.0 Å². The highest BCUT2D eigenvalue weighted by molar-refractivity contribution is 6.04. The van der Waals surface area contributed by atoms with Gasteiger partial charge in [-0.2, -0.15) is 5.26 Å². The van der Waals surface area contributed by atoms with Crippen LogP contribution in [0.15, 0.2) is 34.7 Å². The summed E-state index contributed by atoms with van der Waals surface area (Å²) in [7, 11) is 0. The number of carbonyl (C=O) groups is 2. The minimum Gasteiger partial charge on any atom is -0.441 e. The number of Topliss-reactive ketones (excluding diaryl/α,β-unsaturated/α-hetero) is 1. The number of oxazole rings is 1. The summed E-state index contributed by atoms with van der Waals surface area (Å²) in [5.41, 5.74) is 1.26. The van der Waals surface area contributed by atoms with Gasteiger partial charge in [0.1, 0.15) is 5.76 Å². The number of nitrogens with zero attached hydrogens (tertiary/aromatic N) is 2. The second-order valence-electron chi connectivity index (χ2n) is 5.88. The molecule has 0 spiro atoms. The zero-order valence-electron chi connectivity index (χ0n) is 13.3. The van der Waals surface area contributed by atoms with Crippen LogP contribution >= 0.6 is 0 Å². The second-order valence-corrected chi connectivity index (χ2v) is 5.88. The first-order chi connectivity index (χ1) is 11.6. The van der Waals surface area contributed by atoms with Gasteiger partial charge in [0.25, 0.3) is 0 Å². The Labute approximate surface area is 139 Å². The Balaban J connectivity index is 1.73. The molecule has 2 aromatic rings. The largest absolute Gasteiger partial charge is 0.441 e. The van der Waals surface area contributed by atoms with Crippen molar-refractivity contribution in [1.29, 1.82) is 5.26 Å². The molecule has 1 saturated carbocycles. The summed E-state index contributed by atoms with van der Waals surface area (Å²) in [5, 5.41) is 11.8. The molecule has 6 heteroatoms. The molecule has 0 radical (unpaired) electrons. The van der Waals surface area contributed by atoms with Crippen LogP contribution in [0.4, 0.5) is 0 Å². The maximum absolute atomic E-state index is 12.3. The van der Waals surface area contributed by atoms with Crippen molar-refractivity contribution in [2.24, 2.45) is 5.92 Å². The number of aryl methyl sites for hydroxylation is 1. The fraction of sp³-hybridized carbons (Fsp3) is 0.333. The van der Waals surface area contributed by atoms with Crippen LogP contribution in [0.2, 0.25) is 0 Å². The number of nitriles is 1. The molecule has 1 amide bonds. The van der Waals surface area contributed by atoms with Gasteiger partial charge < -0.3 is 9.73 Å². The lowest BCUT2D eigenvalue weighted by atomic mass is 10.0. The quantitative estimate of drug-likeness (QED) is 0.822. The summed E-state index contributed by atoms with van der Waals surface area (Å²) in [6.45, 7) is 1.72. The van der Waals surface area contributed by atoms with Gasteiger partial charge in [-0.1, -0.05) is 18.2 Å². The monoisotopic (exact) mass is 323 g/mol. The van der Waals surface area contributed by atoms with Crippen molar-refractivity contribution in [2.45, 2.75) is 32.2 Å². The van der Waals surface area contributed by atoms with Crippen molar-refractivity contribution in [1.82, 2.24) is 10.3 Å². The fourth-order valence-corrected chi connectivity index (χ4v) is 2.35. The van der Waals surface area contributed by atoms with Crippen LogP contribution in [0, 0.1) is 24.2 Å². The van der Waals surface area contributed by atoms with Gasteiger partial charge in [0.05, 0.1) is 18.2 Å². The zero-order chi connectivity index (χ0) is 17.1. The molecule has 1 N–H and O–H groups in total. The molecule has 1 aliphatic carbocycles. The molecule has 1 aliphatic rings. The van der Waals surface area contributed by atoms with Crippen LogP contribution < -0.4 is 5.32 Å². The summed E-state index contributed by atoms with van der Waals surface area (Å²) >= 11 is 0. The molecule has 24 heavy (non-hydrogen) atoms. The van der Waals surface area contributed by atoms with Crippen molar-refractivity contribution in [3.05, 3.63) is 41.8 Å². The number of ketones is 1. The summed E-state index contributed by atoms with van der Waals surface area (Å²) in [4.78, 5) is 28.6. The first kappa shape index (κ1) is 15.9. The Bertz CT molecular complexity index is 801. The lowest BCUT2D eigenvalue weighted by Crippen LogP contribution is -2.36. The van der Waals surface area contributed by atoms with E-state index >= 15 is 0 Å². The molecular weight excluding hydrogens is 306 g/mol. The van der Waals surface area contributed by atoms with E-state index in [4.69, 9.17) is 9.68 Å². The lowest BCUT2D eigenvalue weighted by Gasteiger charge is -2.07. The predicted octanol–water partition coefficient (Wildman–Crippen LogP) is 2.18. The molecule has 1 fully saturated rings. The average Bonchev–Trinajstić information content (AvgIpc) is 3.31. The maximum Gasteiger partial charge on any atom is 0.245 e. The van der Waals surface area contributed by atoms with E-state index in [2.05, 4.69) is 10.3 Å². The average molecular weight is 323 g/mol. The van der Waals surface area contributed by atoms with Gasteiger partial charge in [-0.15, -0.1) is 0 Å². The van der Waals surface area contributed by atoms with Gasteiger partial charge in [-0.05, 0) is 31.9 Å². The van der Waals surface area contributed by atoms with Crippen molar-refractivity contribution >= 4 is 11.7 Å². The third-order valence-electron chi connectivity index (χ3n) is 3.89. The molecular formula is C18H17N3O3. The SMILES string of the molecule is Cc1oc(-c2ccccc2)nc1CC(=O)[C@@H](C#N)C(=O)NC1CC1. The number of aromatic nitrogens is 1. The van der Waals surface area contributed by atoms with E-state index in [0.29, 0.717) is 17.3 Å². The second kappa shape index (κ2) is 6.67. The lowest BCUT2D eigenvalue weighted by molar-refractivity contribution is -0.131. The molecule has 1 aromatic heterocycles. The van der Waals surface area contributed by atoms with Crippen LogP contribution in [-0.4, -0.2) is 22.7 Å². The predicted molar refractivity (Wildman–Crippen MR) is 85.7 cm³/mol. The summed E-state index contributed by atoms with van der Waals surface area (Å²) in [5.74, 6) is -1.35. The number of nitrogens with one attached hydrogen (secondary N) is 1. The Morgan fingerprint density at radius 3 is 2.71 bits per heavy atom. The molecule has 122 valence electrons. The van der Waals surface area contributed by atoms with E-state index in [-0.39, 0.29) is 12.5 Å². The highest BCUT2D eigenvalue weighted by Crippen LogP contribution is 2.23. The van der Waals surface area contributed by atoms with E-state index < -0.39 is 17.6 Å². The molecule has 0 unspecified atom stereocenters. The Hall–Kier alpha value is -2.94. The summed E-state index contributed by atoms with van der Waals surface area (Å²) in [6, 6.07) is 11.2. The normalized spacial score (nSPS) is 14.7. The molecule has 0 saturated heterocycles. The Morgan fingerprint density at radius 1 is 1.38 bits per heavy atom. The minimum atomic E-state index is -1.30. The number of carbonyl (C=O) groups excluding carboxylic acids is 2. The van der Waals surface area contributed by atoms with Crippen LogP contribution in [0.1, 0.15) is 24.3 Å². The highest BCUT2D eigenvalue weighted by Gasteiger charge is 2.32. The topological polar surface area (TPSA) is 96.0 Å². The van der Waals surface area contributed by atoms with Gasteiger partial charge in [-0.25, -0.2) is 4.98 Å². The van der Waals surface area contributed by atoms with Crippen LogP contribution in [0.3, 0.4) is 0 Å². The fourth-order valence-electron chi connectivity index (χ4n) is 2.35. The molecule has 1 heterocycles. The van der Waals surface area contributed by atoms with Gasteiger partial charge in [0, 0.05) is 11.6 Å². The van der Waals surface area contributed by atoms with Crippen LogP contribution in [0.5, 0.6) is 0 Å². The van der Waals surface area contributed by atoms with E-state index in [1.165, 1.54) is 0 Å². The third-order valence-corrected chi connectivity index (χ3v) is 3.89. The van der Waals surface area contributed by atoms with Crippen molar-refractivity contribution in [2.75, 3.05) is 0 Å². The zero-order valence-corrected chi connectivity index (χ0v) is 13.3. The smallest absolute Gasteiger partial charge is 0.245 e. The van der Waals surface area contributed by atoms with E-state index in [1.54, 1.807) is 13.0 Å². The number of amides is 1. The Morgan fingerprint density at radius 2 is 2.08 bits per heavy atom. The van der Waals surface area contributed by atoms with E-state index in [0.717, 1.165) is 18.4 Å². The van der Waals surface area contributed by atoms with Crippen molar-refractivity contribution in [3.8, 4) is 17.5 Å². The molecule has 3 rings (SSSR count). The number of benzene rings is 1. The molecule has 0 aliphatic heterocycles. The highest BCUT2D eigenvalue weighted by atomic mass is 16.4. The summed E-state index contributed by atoms with van der Waals surface area (Å²) in [6.07, 6.45) is 1.71. The van der Waals surface area contributed by atoms with Crippen LogP contribution in [-0.2, 0) is 16.0 Å². The molecule has 1 atom stereocenters. The van der Waals surface area contributed by atoms with Gasteiger partial charge >= 0.3 is 0 Å². The minimum absolute atomic E-state index is 0.0987. The van der Waals surface area contributed by atoms with Crippen LogP contribution in [0.25, 0.3) is 11.5 Å². The maximum atomic E-state index is 12.3. The van der Waals surface area contributed by atoms with Gasteiger partial charge in [0.2, 0.25) is 11.8 Å². The van der Waals surface area contributed by atoms with E-state index in [1.807, 2.05) is 30.3 Å². The van der Waals surface area contributed by atoms with E-state index in [9.17, 15) is 9.59 Å². The number of hydrogen-bond acceptors (Lipinski definition) is 5. The first-order valence-electron chi connectivity index (χ1n) is 7.83. The number of hydrogen-bond donors (Lipinski definition) is 1. The summed E-state index contributed by atoms with van der Waals surface area (Å²) < 4.78 is 5.60. The molecule has 1 aromatic carbocycles. The standard InChI is InChI=1S/C18H17N3O3/c1-11-15(21-18(24-11)12-5-3-2-4-6-12)9-16(22)14(10-19)17(23)20-13-7-8-13/h2-6,13-14H,7-9H2,1H3,(H,20,23)/t14-/m1/s1. The van der Waals surface area contributed by atoms with Gasteiger partial charge in [-0.3, -0.25) is 9.59 Å². The Kier molecular flexibility index (Phi) is 4.43. The molecule has 0 bridgehead atoms. The van der Waals surface area contributed by atoms with Crippen molar-refractivity contribution in [3.63, 3.8) is 0 Å².